The van der Waals surface area contributed by atoms with Crippen LogP contribution < -0.4 is 10.2 Å². The number of ether oxygens (including phenoxy) is 1. The van der Waals surface area contributed by atoms with Crippen molar-refractivity contribution in [2.45, 2.75) is 6.04 Å². The first-order valence-corrected chi connectivity index (χ1v) is 9.11. The summed E-state index contributed by atoms with van der Waals surface area (Å²) >= 11 is 0. The van der Waals surface area contributed by atoms with Crippen molar-refractivity contribution in [1.82, 2.24) is 14.9 Å². The monoisotopic (exact) mass is 394 g/mol. The van der Waals surface area contributed by atoms with Crippen LogP contribution in [0.1, 0.15) is 27.8 Å². The van der Waals surface area contributed by atoms with Gasteiger partial charge in [0.25, 0.3) is 5.91 Å². The number of hydrogen-bond acceptors (Lipinski definition) is 4. The van der Waals surface area contributed by atoms with Gasteiger partial charge in [0.2, 0.25) is 0 Å². The molecule has 1 aliphatic heterocycles. The lowest BCUT2D eigenvalue weighted by molar-refractivity contribution is 0.0940. The van der Waals surface area contributed by atoms with Crippen LogP contribution in [0.3, 0.4) is 0 Å². The zero-order valence-electron chi connectivity index (χ0n) is 15.7. The Morgan fingerprint density at radius 1 is 1.21 bits per heavy atom. The molecule has 2 aromatic carbocycles. The van der Waals surface area contributed by atoms with Gasteiger partial charge in [-0.25, -0.2) is 14.2 Å². The van der Waals surface area contributed by atoms with E-state index in [4.69, 9.17) is 4.74 Å². The summed E-state index contributed by atoms with van der Waals surface area (Å²) in [4.78, 5) is 30.3. The van der Waals surface area contributed by atoms with E-state index >= 15 is 0 Å². The number of anilines is 1. The van der Waals surface area contributed by atoms with E-state index in [9.17, 15) is 14.0 Å². The summed E-state index contributed by atoms with van der Waals surface area (Å²) < 4.78 is 21.1. The molecule has 0 unspecified atom stereocenters. The molecule has 2 amide bonds. The molecule has 8 heteroatoms. The number of cyclic esters (lactones) is 1. The van der Waals surface area contributed by atoms with Gasteiger partial charge in [0, 0.05) is 36.3 Å². The number of amides is 2. The molecule has 0 saturated carbocycles. The van der Waals surface area contributed by atoms with Crippen molar-refractivity contribution < 1.29 is 18.7 Å². The van der Waals surface area contributed by atoms with Crippen LogP contribution in [-0.4, -0.2) is 34.7 Å². The standard InChI is InChI=1S/C21H19FN4O3/c1-25-11-10-23-19(25)18(16-4-2-3-5-17(16)22)24-20(27)14-6-8-15(9-7-14)26-12-13-29-21(26)28/h2-11,18H,12-13H2,1H3,(H,24,27)/t18-/m1/s1. The van der Waals surface area contributed by atoms with Gasteiger partial charge in [-0.1, -0.05) is 18.2 Å². The van der Waals surface area contributed by atoms with Gasteiger partial charge in [-0.15, -0.1) is 0 Å². The van der Waals surface area contributed by atoms with E-state index in [1.54, 1.807) is 66.5 Å². The molecule has 148 valence electrons. The maximum Gasteiger partial charge on any atom is 0.414 e. The maximum atomic E-state index is 14.4. The number of aryl methyl sites for hydroxylation is 1. The van der Waals surface area contributed by atoms with E-state index in [1.165, 1.54) is 11.0 Å². The van der Waals surface area contributed by atoms with Crippen molar-refractivity contribution in [2.75, 3.05) is 18.1 Å². The minimum Gasteiger partial charge on any atom is -0.447 e. The Labute approximate surface area is 166 Å². The molecular weight excluding hydrogens is 375 g/mol. The largest absolute Gasteiger partial charge is 0.447 e. The number of rotatable bonds is 5. The highest BCUT2D eigenvalue weighted by Gasteiger charge is 2.25. The molecule has 1 N–H and O–H groups in total. The second-order valence-electron chi connectivity index (χ2n) is 6.64. The second-order valence-corrected chi connectivity index (χ2v) is 6.64. The zero-order valence-corrected chi connectivity index (χ0v) is 15.7. The minimum atomic E-state index is -0.753. The quantitative estimate of drug-likeness (QED) is 0.722. The SMILES string of the molecule is Cn1ccnc1[C@H](NC(=O)c1ccc(N2CCOC2=O)cc1)c1ccccc1F. The Morgan fingerprint density at radius 2 is 1.97 bits per heavy atom. The molecule has 0 radical (unpaired) electrons. The molecule has 0 bridgehead atoms. The fraction of sp³-hybridized carbons (Fsp3) is 0.190. The maximum absolute atomic E-state index is 14.4. The molecule has 1 saturated heterocycles. The number of aromatic nitrogens is 2. The van der Waals surface area contributed by atoms with Gasteiger partial charge in [-0.2, -0.15) is 0 Å². The number of carbonyl (C=O) groups is 2. The van der Waals surface area contributed by atoms with Gasteiger partial charge in [0.05, 0.1) is 6.54 Å². The molecule has 2 heterocycles. The van der Waals surface area contributed by atoms with E-state index < -0.39 is 18.0 Å². The molecule has 1 atom stereocenters. The Kier molecular flexibility index (Phi) is 4.99. The van der Waals surface area contributed by atoms with Crippen LogP contribution in [0.4, 0.5) is 14.9 Å². The van der Waals surface area contributed by atoms with Gasteiger partial charge < -0.3 is 14.6 Å². The van der Waals surface area contributed by atoms with E-state index in [-0.39, 0.29) is 5.91 Å². The number of hydrogen-bond donors (Lipinski definition) is 1. The third kappa shape index (κ3) is 3.69. The number of benzene rings is 2. The summed E-state index contributed by atoms with van der Waals surface area (Å²) in [5.74, 6) is -0.291. The van der Waals surface area contributed by atoms with Crippen LogP contribution >= 0.6 is 0 Å². The topological polar surface area (TPSA) is 76.5 Å². The molecule has 3 aromatic rings. The molecule has 1 fully saturated rings. The Morgan fingerprint density at radius 3 is 2.59 bits per heavy atom. The van der Waals surface area contributed by atoms with Crippen LogP contribution in [0.15, 0.2) is 60.9 Å². The fourth-order valence-corrected chi connectivity index (χ4v) is 3.28. The van der Waals surface area contributed by atoms with Crippen LogP contribution in [0.2, 0.25) is 0 Å². The van der Waals surface area contributed by atoms with Crippen molar-refractivity contribution in [3.63, 3.8) is 0 Å². The Bertz CT molecular complexity index is 1050. The number of halogens is 1. The first-order chi connectivity index (χ1) is 14.0. The third-order valence-electron chi connectivity index (χ3n) is 4.81. The molecule has 0 aliphatic carbocycles. The summed E-state index contributed by atoms with van der Waals surface area (Å²) in [6.07, 6.45) is 2.93. The summed E-state index contributed by atoms with van der Waals surface area (Å²) in [5, 5.41) is 2.86. The van der Waals surface area contributed by atoms with Crippen molar-refractivity contribution >= 4 is 17.7 Å². The van der Waals surface area contributed by atoms with E-state index in [0.717, 1.165) is 0 Å². The first kappa shape index (κ1) is 18.7. The second kappa shape index (κ2) is 7.75. The molecule has 1 aromatic heterocycles. The molecule has 1 aliphatic rings. The highest BCUT2D eigenvalue weighted by Crippen LogP contribution is 2.24. The van der Waals surface area contributed by atoms with Gasteiger partial charge in [-0.05, 0) is 30.3 Å². The number of nitrogens with one attached hydrogen (secondary N) is 1. The third-order valence-corrected chi connectivity index (χ3v) is 4.81. The van der Waals surface area contributed by atoms with Crippen LogP contribution in [0.25, 0.3) is 0 Å². The number of nitrogens with zero attached hydrogens (tertiary/aromatic N) is 3. The predicted molar refractivity (Wildman–Crippen MR) is 104 cm³/mol. The summed E-state index contributed by atoms with van der Waals surface area (Å²) in [7, 11) is 1.78. The van der Waals surface area contributed by atoms with Crippen molar-refractivity contribution in [3.8, 4) is 0 Å². The van der Waals surface area contributed by atoms with Gasteiger partial charge in [0.15, 0.2) is 0 Å². The smallest absolute Gasteiger partial charge is 0.414 e. The van der Waals surface area contributed by atoms with E-state index in [1.807, 2.05) is 0 Å². The average molecular weight is 394 g/mol. The van der Waals surface area contributed by atoms with Crippen LogP contribution in [0.5, 0.6) is 0 Å². The van der Waals surface area contributed by atoms with E-state index in [2.05, 4.69) is 10.3 Å². The van der Waals surface area contributed by atoms with Gasteiger partial charge in [0.1, 0.15) is 24.3 Å². The fourth-order valence-electron chi connectivity index (χ4n) is 3.28. The predicted octanol–water partition coefficient (Wildman–Crippen LogP) is 3.04. The van der Waals surface area contributed by atoms with Crippen LogP contribution in [-0.2, 0) is 11.8 Å². The molecule has 7 nitrogen and oxygen atoms in total. The van der Waals surface area contributed by atoms with Crippen molar-refractivity contribution in [3.05, 3.63) is 83.7 Å². The molecule has 29 heavy (non-hydrogen) atoms. The highest BCUT2D eigenvalue weighted by molar-refractivity contribution is 5.96. The van der Waals surface area contributed by atoms with E-state index in [0.29, 0.717) is 35.8 Å². The number of carbonyl (C=O) groups excluding carboxylic acids is 2. The van der Waals surface area contributed by atoms with Crippen molar-refractivity contribution in [1.29, 1.82) is 0 Å². The number of imidazole rings is 1. The van der Waals surface area contributed by atoms with Crippen LogP contribution in [0, 0.1) is 5.82 Å². The zero-order chi connectivity index (χ0) is 20.4. The molecular formula is C21H19FN4O3. The summed E-state index contributed by atoms with van der Waals surface area (Å²) in [6, 6.07) is 12.1. The molecule has 0 spiro atoms. The summed E-state index contributed by atoms with van der Waals surface area (Å²) in [5.41, 5.74) is 1.36. The molecule has 4 rings (SSSR count). The van der Waals surface area contributed by atoms with Crippen molar-refractivity contribution in [2.24, 2.45) is 7.05 Å². The Hall–Kier alpha value is -3.68. The average Bonchev–Trinajstić information content (AvgIpc) is 3.35. The first-order valence-electron chi connectivity index (χ1n) is 9.11. The lowest BCUT2D eigenvalue weighted by atomic mass is 10.0. The lowest BCUT2D eigenvalue weighted by Crippen LogP contribution is -2.31. The normalized spacial score (nSPS) is 14.6. The van der Waals surface area contributed by atoms with Gasteiger partial charge >= 0.3 is 6.09 Å². The highest BCUT2D eigenvalue weighted by atomic mass is 19.1. The Balaban J connectivity index is 1.59. The van der Waals surface area contributed by atoms with Gasteiger partial charge in [-0.3, -0.25) is 9.69 Å². The minimum absolute atomic E-state index is 0.326. The lowest BCUT2D eigenvalue weighted by Gasteiger charge is -2.20. The summed E-state index contributed by atoms with van der Waals surface area (Å²) in [6.45, 7) is 0.813.